The topological polar surface area (TPSA) is 35.6 Å². The number of carbonyl (C=O) groups excluding carboxylic acids is 1. The summed E-state index contributed by atoms with van der Waals surface area (Å²) in [6, 6.07) is 12.6. The second-order valence-electron chi connectivity index (χ2n) is 8.13. The van der Waals surface area contributed by atoms with Gasteiger partial charge in [-0.3, -0.25) is 0 Å². The molecule has 2 aromatic rings. The molecule has 5 heteroatoms. The van der Waals surface area contributed by atoms with E-state index in [4.69, 9.17) is 0 Å². The number of amides is 2. The van der Waals surface area contributed by atoms with Gasteiger partial charge in [0.25, 0.3) is 0 Å². The summed E-state index contributed by atoms with van der Waals surface area (Å²) >= 11 is 0. The Morgan fingerprint density at radius 1 is 1.00 bits per heavy atom. The molecule has 3 rings (SSSR count). The number of rotatable bonds is 2. The fraction of sp³-hybridized carbons (Fsp3) is 0.409. The van der Waals surface area contributed by atoms with Crippen molar-refractivity contribution in [3.05, 3.63) is 59.4 Å². The molecular formula is C22H28FN3O. The fourth-order valence-corrected chi connectivity index (χ4v) is 3.46. The summed E-state index contributed by atoms with van der Waals surface area (Å²) in [7, 11) is 0. The van der Waals surface area contributed by atoms with Crippen LogP contribution in [-0.4, -0.2) is 37.1 Å². The van der Waals surface area contributed by atoms with E-state index in [1.165, 1.54) is 12.1 Å². The van der Waals surface area contributed by atoms with E-state index >= 15 is 0 Å². The van der Waals surface area contributed by atoms with Gasteiger partial charge in [0.1, 0.15) is 5.82 Å². The second kappa shape index (κ2) is 7.59. The summed E-state index contributed by atoms with van der Waals surface area (Å²) < 4.78 is 13.1. The molecule has 0 bridgehead atoms. The number of carbonyl (C=O) groups is 1. The molecule has 1 aliphatic rings. The lowest BCUT2D eigenvalue weighted by atomic mass is 9.84. The largest absolute Gasteiger partial charge is 0.368 e. The standard InChI is InChI=1S/C22H28FN3O/c1-16-6-5-7-19(22(2,3)4)20(16)24-21(27)26-14-12-25(13-15-26)18-10-8-17(23)9-11-18/h5-11H,12-15H2,1-4H3,(H,24,27). The van der Waals surface area contributed by atoms with Gasteiger partial charge >= 0.3 is 6.03 Å². The number of benzene rings is 2. The normalized spacial score (nSPS) is 15.0. The minimum atomic E-state index is -0.232. The summed E-state index contributed by atoms with van der Waals surface area (Å²) in [4.78, 5) is 16.9. The molecule has 144 valence electrons. The van der Waals surface area contributed by atoms with E-state index in [0.29, 0.717) is 13.1 Å². The molecule has 1 saturated heterocycles. The maximum absolute atomic E-state index is 13.1. The van der Waals surface area contributed by atoms with Crippen molar-refractivity contribution in [2.75, 3.05) is 36.4 Å². The number of aryl methyl sites for hydroxylation is 1. The SMILES string of the molecule is Cc1cccc(C(C)(C)C)c1NC(=O)N1CCN(c2ccc(F)cc2)CC1. The van der Waals surface area contributed by atoms with Crippen LogP contribution in [0.3, 0.4) is 0 Å². The van der Waals surface area contributed by atoms with Gasteiger partial charge in [0, 0.05) is 37.6 Å². The van der Waals surface area contributed by atoms with E-state index in [1.807, 2.05) is 24.0 Å². The summed E-state index contributed by atoms with van der Waals surface area (Å²) in [5.74, 6) is -0.232. The van der Waals surface area contributed by atoms with Crippen molar-refractivity contribution >= 4 is 17.4 Å². The van der Waals surface area contributed by atoms with Crippen LogP contribution in [0, 0.1) is 12.7 Å². The predicted molar refractivity (Wildman–Crippen MR) is 109 cm³/mol. The molecule has 0 saturated carbocycles. The van der Waals surface area contributed by atoms with Crippen LogP contribution in [0.2, 0.25) is 0 Å². The molecule has 0 unspecified atom stereocenters. The summed E-state index contributed by atoms with van der Waals surface area (Å²) in [6.07, 6.45) is 0. The van der Waals surface area contributed by atoms with Gasteiger partial charge in [-0.2, -0.15) is 0 Å². The number of anilines is 2. The van der Waals surface area contributed by atoms with Crippen LogP contribution >= 0.6 is 0 Å². The average Bonchev–Trinajstić information content (AvgIpc) is 2.63. The highest BCUT2D eigenvalue weighted by atomic mass is 19.1. The molecule has 0 aliphatic carbocycles. The van der Waals surface area contributed by atoms with Crippen LogP contribution in [0.25, 0.3) is 0 Å². The minimum absolute atomic E-state index is 0.0457. The highest BCUT2D eigenvalue weighted by Crippen LogP contribution is 2.32. The Balaban J connectivity index is 1.66. The Kier molecular flexibility index (Phi) is 5.40. The lowest BCUT2D eigenvalue weighted by Crippen LogP contribution is -2.50. The van der Waals surface area contributed by atoms with E-state index in [1.54, 1.807) is 12.1 Å². The predicted octanol–water partition coefficient (Wildman–Crippen LogP) is 4.79. The van der Waals surface area contributed by atoms with Gasteiger partial charge in [-0.1, -0.05) is 39.0 Å². The van der Waals surface area contributed by atoms with Gasteiger partial charge in [-0.25, -0.2) is 9.18 Å². The first kappa shape index (κ1) is 19.2. The Morgan fingerprint density at radius 3 is 2.22 bits per heavy atom. The molecule has 1 aliphatic heterocycles. The molecule has 2 aromatic carbocycles. The van der Waals surface area contributed by atoms with Crippen molar-refractivity contribution in [2.24, 2.45) is 0 Å². The van der Waals surface area contributed by atoms with Gasteiger partial charge < -0.3 is 15.1 Å². The molecule has 1 heterocycles. The molecule has 1 N–H and O–H groups in total. The Morgan fingerprint density at radius 2 is 1.63 bits per heavy atom. The van der Waals surface area contributed by atoms with Crippen LogP contribution in [0.4, 0.5) is 20.6 Å². The molecule has 1 fully saturated rings. The number of piperazine rings is 1. The quantitative estimate of drug-likeness (QED) is 0.826. The molecular weight excluding hydrogens is 341 g/mol. The van der Waals surface area contributed by atoms with Crippen molar-refractivity contribution in [3.63, 3.8) is 0 Å². The van der Waals surface area contributed by atoms with Crippen LogP contribution in [-0.2, 0) is 5.41 Å². The number of hydrogen-bond acceptors (Lipinski definition) is 2. The third kappa shape index (κ3) is 4.41. The van der Waals surface area contributed by atoms with Crippen molar-refractivity contribution in [2.45, 2.75) is 33.1 Å². The average molecular weight is 369 g/mol. The van der Waals surface area contributed by atoms with Gasteiger partial charge in [-0.15, -0.1) is 0 Å². The van der Waals surface area contributed by atoms with Crippen molar-refractivity contribution in [1.82, 2.24) is 4.90 Å². The van der Waals surface area contributed by atoms with E-state index in [2.05, 4.69) is 37.1 Å². The zero-order chi connectivity index (χ0) is 19.6. The van der Waals surface area contributed by atoms with Crippen LogP contribution in [0.15, 0.2) is 42.5 Å². The monoisotopic (exact) mass is 369 g/mol. The van der Waals surface area contributed by atoms with Crippen molar-refractivity contribution in [1.29, 1.82) is 0 Å². The first-order chi connectivity index (χ1) is 12.8. The first-order valence-electron chi connectivity index (χ1n) is 9.42. The zero-order valence-corrected chi connectivity index (χ0v) is 16.6. The molecule has 4 nitrogen and oxygen atoms in total. The highest BCUT2D eigenvalue weighted by molar-refractivity contribution is 5.91. The zero-order valence-electron chi connectivity index (χ0n) is 16.6. The van der Waals surface area contributed by atoms with E-state index in [-0.39, 0.29) is 17.3 Å². The lowest BCUT2D eigenvalue weighted by Gasteiger charge is -2.36. The van der Waals surface area contributed by atoms with Crippen LogP contribution in [0.5, 0.6) is 0 Å². The number of hydrogen-bond donors (Lipinski definition) is 1. The second-order valence-corrected chi connectivity index (χ2v) is 8.13. The fourth-order valence-electron chi connectivity index (χ4n) is 3.46. The Hall–Kier alpha value is -2.56. The third-order valence-electron chi connectivity index (χ3n) is 5.07. The third-order valence-corrected chi connectivity index (χ3v) is 5.07. The minimum Gasteiger partial charge on any atom is -0.368 e. The van der Waals surface area contributed by atoms with Crippen molar-refractivity contribution < 1.29 is 9.18 Å². The summed E-state index contributed by atoms with van der Waals surface area (Å²) in [6.45, 7) is 11.2. The molecule has 0 spiro atoms. The molecule has 0 aromatic heterocycles. The van der Waals surface area contributed by atoms with Gasteiger partial charge in [0.2, 0.25) is 0 Å². The van der Waals surface area contributed by atoms with E-state index in [0.717, 1.165) is 35.6 Å². The lowest BCUT2D eigenvalue weighted by molar-refractivity contribution is 0.208. The first-order valence-corrected chi connectivity index (χ1v) is 9.42. The van der Waals surface area contributed by atoms with Gasteiger partial charge in [0.05, 0.1) is 0 Å². The highest BCUT2D eigenvalue weighted by Gasteiger charge is 2.24. The molecule has 27 heavy (non-hydrogen) atoms. The summed E-state index contributed by atoms with van der Waals surface area (Å²) in [5.41, 5.74) is 4.07. The molecule has 2 amide bonds. The smallest absolute Gasteiger partial charge is 0.321 e. The number of urea groups is 1. The van der Waals surface area contributed by atoms with E-state index < -0.39 is 0 Å². The number of nitrogens with zero attached hydrogens (tertiary/aromatic N) is 2. The maximum Gasteiger partial charge on any atom is 0.321 e. The van der Waals surface area contributed by atoms with Crippen LogP contribution in [0.1, 0.15) is 31.9 Å². The molecule has 0 radical (unpaired) electrons. The maximum atomic E-state index is 13.1. The molecule has 0 atom stereocenters. The van der Waals surface area contributed by atoms with E-state index in [9.17, 15) is 9.18 Å². The van der Waals surface area contributed by atoms with Crippen molar-refractivity contribution in [3.8, 4) is 0 Å². The number of nitrogens with one attached hydrogen (secondary N) is 1. The van der Waals surface area contributed by atoms with Gasteiger partial charge in [0.15, 0.2) is 0 Å². The Bertz CT molecular complexity index is 803. The van der Waals surface area contributed by atoms with Gasteiger partial charge in [-0.05, 0) is 47.7 Å². The number of halogens is 1. The van der Waals surface area contributed by atoms with Crippen LogP contribution < -0.4 is 10.2 Å². The number of para-hydroxylation sites is 1. The Labute approximate surface area is 161 Å². The summed E-state index contributed by atoms with van der Waals surface area (Å²) in [5, 5.41) is 3.14.